The van der Waals surface area contributed by atoms with Gasteiger partial charge in [-0.2, -0.15) is 0 Å². The Morgan fingerprint density at radius 1 is 0.913 bits per heavy atom. The second-order valence-corrected chi connectivity index (χ2v) is 5.28. The van der Waals surface area contributed by atoms with Gasteiger partial charge in [0, 0.05) is 5.39 Å². The van der Waals surface area contributed by atoms with Crippen molar-refractivity contribution in [2.75, 3.05) is 21.0 Å². The van der Waals surface area contributed by atoms with Crippen molar-refractivity contribution in [3.63, 3.8) is 0 Å². The van der Waals surface area contributed by atoms with Crippen molar-refractivity contribution in [3.05, 3.63) is 48.5 Å². The Morgan fingerprint density at radius 3 is 2.48 bits per heavy atom. The molecule has 0 aliphatic carbocycles. The lowest BCUT2D eigenvalue weighted by atomic mass is 9.97. The van der Waals surface area contributed by atoms with Crippen LogP contribution in [-0.2, 0) is 0 Å². The van der Waals surface area contributed by atoms with Crippen LogP contribution in [0.25, 0.3) is 21.9 Å². The van der Waals surface area contributed by atoms with E-state index in [2.05, 4.69) is 6.07 Å². The fourth-order valence-electron chi connectivity index (χ4n) is 2.98. The van der Waals surface area contributed by atoms with Gasteiger partial charge in [-0.25, -0.2) is 0 Å². The van der Waals surface area contributed by atoms with Crippen LogP contribution >= 0.6 is 0 Å². The van der Waals surface area contributed by atoms with E-state index >= 15 is 0 Å². The van der Waals surface area contributed by atoms with E-state index in [1.165, 1.54) is 0 Å². The number of hydrogen-bond acceptors (Lipinski definition) is 4. The molecule has 0 aromatic heterocycles. The molecule has 1 aliphatic rings. The van der Waals surface area contributed by atoms with Crippen LogP contribution in [0.4, 0.5) is 0 Å². The summed E-state index contributed by atoms with van der Waals surface area (Å²) in [5, 5.41) is 2.07. The van der Waals surface area contributed by atoms with E-state index < -0.39 is 0 Å². The number of benzene rings is 3. The number of ether oxygens (including phenoxy) is 4. The monoisotopic (exact) mass is 308 g/mol. The van der Waals surface area contributed by atoms with Gasteiger partial charge in [-0.15, -0.1) is 0 Å². The first-order valence-electron chi connectivity index (χ1n) is 7.35. The van der Waals surface area contributed by atoms with E-state index in [0.717, 1.165) is 33.4 Å². The first-order valence-corrected chi connectivity index (χ1v) is 7.35. The minimum atomic E-state index is 0.222. The second kappa shape index (κ2) is 5.39. The molecule has 4 nitrogen and oxygen atoms in total. The van der Waals surface area contributed by atoms with Gasteiger partial charge in [-0.05, 0) is 34.7 Å². The zero-order chi connectivity index (χ0) is 15.8. The molecule has 4 heteroatoms. The summed E-state index contributed by atoms with van der Waals surface area (Å²) in [7, 11) is 3.32. The van der Waals surface area contributed by atoms with Crippen LogP contribution < -0.4 is 18.9 Å². The average Bonchev–Trinajstić information content (AvgIpc) is 3.07. The van der Waals surface area contributed by atoms with E-state index in [-0.39, 0.29) is 6.79 Å². The van der Waals surface area contributed by atoms with Crippen molar-refractivity contribution in [1.29, 1.82) is 0 Å². The molecule has 0 saturated carbocycles. The quantitative estimate of drug-likeness (QED) is 0.725. The highest BCUT2D eigenvalue weighted by Crippen LogP contribution is 2.48. The topological polar surface area (TPSA) is 36.9 Å². The van der Waals surface area contributed by atoms with E-state index in [1.54, 1.807) is 14.2 Å². The zero-order valence-corrected chi connectivity index (χ0v) is 13.0. The Kier molecular flexibility index (Phi) is 3.23. The first-order chi connectivity index (χ1) is 11.3. The Hall–Kier alpha value is -2.88. The smallest absolute Gasteiger partial charge is 0.231 e. The maximum Gasteiger partial charge on any atom is 0.231 e. The van der Waals surface area contributed by atoms with Gasteiger partial charge in [-0.1, -0.05) is 30.3 Å². The first kappa shape index (κ1) is 13.8. The maximum absolute atomic E-state index is 5.65. The van der Waals surface area contributed by atoms with Crippen molar-refractivity contribution in [2.24, 2.45) is 0 Å². The molecule has 116 valence electrons. The van der Waals surface area contributed by atoms with Crippen LogP contribution in [0.1, 0.15) is 0 Å². The predicted molar refractivity (Wildman–Crippen MR) is 88.6 cm³/mol. The van der Waals surface area contributed by atoms with Gasteiger partial charge >= 0.3 is 0 Å². The third-order valence-corrected chi connectivity index (χ3v) is 4.06. The third kappa shape index (κ3) is 2.14. The third-order valence-electron chi connectivity index (χ3n) is 4.06. The van der Waals surface area contributed by atoms with Gasteiger partial charge in [0.2, 0.25) is 12.5 Å². The molecule has 0 saturated heterocycles. The van der Waals surface area contributed by atoms with E-state index in [9.17, 15) is 0 Å². The standard InChI is InChI=1S/C19H16O4/c1-20-14-8-6-12(7-9-14)15-5-3-4-13-10-16-18(23-11-22-16)19(21-2)17(13)15/h3-10H,11H2,1-2H3. The van der Waals surface area contributed by atoms with Gasteiger partial charge in [0.1, 0.15) is 5.75 Å². The van der Waals surface area contributed by atoms with Crippen molar-refractivity contribution in [1.82, 2.24) is 0 Å². The molecule has 0 atom stereocenters. The molecule has 1 aliphatic heterocycles. The summed E-state index contributed by atoms with van der Waals surface area (Å²) >= 11 is 0. The number of rotatable bonds is 3. The Labute approximate surface area is 134 Å². The van der Waals surface area contributed by atoms with Crippen molar-refractivity contribution in [2.45, 2.75) is 0 Å². The molecule has 3 aromatic carbocycles. The summed E-state index contributed by atoms with van der Waals surface area (Å²) in [5.74, 6) is 2.93. The summed E-state index contributed by atoms with van der Waals surface area (Å²) in [6.07, 6.45) is 0. The largest absolute Gasteiger partial charge is 0.497 e. The molecular weight excluding hydrogens is 292 g/mol. The van der Waals surface area contributed by atoms with Gasteiger partial charge in [-0.3, -0.25) is 0 Å². The van der Waals surface area contributed by atoms with E-state index in [1.807, 2.05) is 42.5 Å². The lowest BCUT2D eigenvalue weighted by Crippen LogP contribution is -1.94. The highest BCUT2D eigenvalue weighted by Gasteiger charge is 2.23. The predicted octanol–water partition coefficient (Wildman–Crippen LogP) is 4.25. The van der Waals surface area contributed by atoms with Gasteiger partial charge in [0.05, 0.1) is 14.2 Å². The molecule has 0 spiro atoms. The normalized spacial score (nSPS) is 12.4. The molecule has 1 heterocycles. The van der Waals surface area contributed by atoms with Crippen LogP contribution in [-0.4, -0.2) is 21.0 Å². The highest BCUT2D eigenvalue weighted by molar-refractivity contribution is 6.03. The fourth-order valence-corrected chi connectivity index (χ4v) is 2.98. The van der Waals surface area contributed by atoms with Crippen LogP contribution in [0, 0.1) is 0 Å². The number of fused-ring (bicyclic) bond motifs is 2. The lowest BCUT2D eigenvalue weighted by molar-refractivity contribution is 0.171. The van der Waals surface area contributed by atoms with Crippen molar-refractivity contribution < 1.29 is 18.9 Å². The molecule has 3 aromatic rings. The summed E-state index contributed by atoms with van der Waals surface area (Å²) < 4.78 is 22.0. The van der Waals surface area contributed by atoms with Crippen molar-refractivity contribution >= 4 is 10.8 Å². The fraction of sp³-hybridized carbons (Fsp3) is 0.158. The lowest BCUT2D eigenvalue weighted by Gasteiger charge is -2.13. The molecule has 0 bridgehead atoms. The van der Waals surface area contributed by atoms with Crippen LogP contribution in [0.3, 0.4) is 0 Å². The highest BCUT2D eigenvalue weighted by atomic mass is 16.7. The van der Waals surface area contributed by atoms with Crippen LogP contribution in [0.2, 0.25) is 0 Å². The van der Waals surface area contributed by atoms with Gasteiger partial charge < -0.3 is 18.9 Å². The maximum atomic E-state index is 5.65. The number of methoxy groups -OCH3 is 2. The summed E-state index contributed by atoms with van der Waals surface area (Å²) in [5.41, 5.74) is 2.17. The zero-order valence-electron chi connectivity index (χ0n) is 13.0. The van der Waals surface area contributed by atoms with Gasteiger partial charge in [0.25, 0.3) is 0 Å². The molecule has 0 unspecified atom stereocenters. The van der Waals surface area contributed by atoms with Crippen LogP contribution in [0.15, 0.2) is 48.5 Å². The average molecular weight is 308 g/mol. The SMILES string of the molecule is COc1ccc(-c2cccc3cc4c(c(OC)c23)OCO4)cc1. The Balaban J connectivity index is 1.99. The molecule has 0 amide bonds. The molecule has 23 heavy (non-hydrogen) atoms. The van der Waals surface area contributed by atoms with Crippen molar-refractivity contribution in [3.8, 4) is 34.1 Å². The minimum Gasteiger partial charge on any atom is -0.497 e. The molecule has 0 radical (unpaired) electrons. The van der Waals surface area contributed by atoms with E-state index in [4.69, 9.17) is 18.9 Å². The molecule has 0 N–H and O–H groups in total. The van der Waals surface area contributed by atoms with Gasteiger partial charge in [0.15, 0.2) is 11.5 Å². The molecular formula is C19H16O4. The second-order valence-electron chi connectivity index (χ2n) is 5.28. The number of hydrogen-bond donors (Lipinski definition) is 0. The molecule has 0 fully saturated rings. The Bertz CT molecular complexity index is 869. The molecule has 4 rings (SSSR count). The minimum absolute atomic E-state index is 0.222. The van der Waals surface area contributed by atoms with Crippen LogP contribution in [0.5, 0.6) is 23.0 Å². The Morgan fingerprint density at radius 2 is 1.74 bits per heavy atom. The summed E-state index contributed by atoms with van der Waals surface area (Å²) in [6, 6.07) is 16.1. The summed E-state index contributed by atoms with van der Waals surface area (Å²) in [6.45, 7) is 0.222. The van der Waals surface area contributed by atoms with E-state index in [0.29, 0.717) is 11.5 Å². The summed E-state index contributed by atoms with van der Waals surface area (Å²) in [4.78, 5) is 0.